The Hall–Kier alpha value is -3.60. The van der Waals surface area contributed by atoms with E-state index in [0.717, 1.165) is 67.4 Å². The van der Waals surface area contributed by atoms with E-state index in [1.807, 2.05) is 18.2 Å². The molecule has 3 aliphatic rings. The van der Waals surface area contributed by atoms with Crippen LogP contribution >= 0.6 is 0 Å². The Bertz CT molecular complexity index is 1520. The topological polar surface area (TPSA) is 44.8 Å². The maximum absolute atomic E-state index is 15.1. The van der Waals surface area contributed by atoms with E-state index in [-0.39, 0.29) is 28.5 Å². The molecule has 3 aromatic rings. The zero-order chi connectivity index (χ0) is 28.8. The van der Waals surface area contributed by atoms with E-state index in [0.29, 0.717) is 17.9 Å². The van der Waals surface area contributed by atoms with Crippen LogP contribution in [0.25, 0.3) is 16.7 Å². The Labute approximate surface area is 242 Å². The number of carbonyl (C=O) groups excluding carboxylic acids is 1. The molecule has 2 atom stereocenters. The fraction of sp³-hybridized carbons (Fsp3) is 0.417. The summed E-state index contributed by atoms with van der Waals surface area (Å²) in [6, 6.07) is 17.5. The Morgan fingerprint density at radius 3 is 2.46 bits per heavy atom. The largest absolute Gasteiger partial charge is 0.497 e. The molecule has 3 aliphatic carbocycles. The van der Waals surface area contributed by atoms with Gasteiger partial charge in [0, 0.05) is 11.0 Å². The van der Waals surface area contributed by atoms with E-state index in [4.69, 9.17) is 14.2 Å². The van der Waals surface area contributed by atoms with Gasteiger partial charge in [-0.15, -0.1) is 0 Å². The summed E-state index contributed by atoms with van der Waals surface area (Å²) in [5.74, 6) is 1.00. The number of benzene rings is 3. The summed E-state index contributed by atoms with van der Waals surface area (Å²) in [6.45, 7) is 4.91. The number of halogens is 1. The van der Waals surface area contributed by atoms with Crippen molar-refractivity contribution >= 4 is 11.5 Å². The number of aryl methyl sites for hydroxylation is 1. The van der Waals surface area contributed by atoms with Crippen LogP contribution in [0.15, 0.2) is 60.7 Å². The molecule has 214 valence electrons. The smallest absolute Gasteiger partial charge is 0.309 e. The summed E-state index contributed by atoms with van der Waals surface area (Å²) >= 11 is 0. The number of ether oxygens (including phenoxy) is 3. The lowest BCUT2D eigenvalue weighted by molar-refractivity contribution is -0.153. The molecular formula is C36H39FO4. The normalized spacial score (nSPS) is 22.5. The predicted molar refractivity (Wildman–Crippen MR) is 160 cm³/mol. The van der Waals surface area contributed by atoms with Crippen molar-refractivity contribution in [1.29, 1.82) is 0 Å². The van der Waals surface area contributed by atoms with Crippen LogP contribution in [0.5, 0.6) is 11.5 Å². The van der Waals surface area contributed by atoms with Crippen molar-refractivity contribution in [3.63, 3.8) is 0 Å². The highest BCUT2D eigenvalue weighted by Gasteiger charge is 2.53. The molecule has 6 rings (SSSR count). The maximum Gasteiger partial charge on any atom is 0.309 e. The third-order valence-electron chi connectivity index (χ3n) is 9.81. The summed E-state index contributed by atoms with van der Waals surface area (Å²) < 4.78 is 32.1. The molecular weight excluding hydrogens is 515 g/mol. The van der Waals surface area contributed by atoms with Crippen molar-refractivity contribution < 1.29 is 23.4 Å². The molecule has 1 saturated carbocycles. The minimum Gasteiger partial charge on any atom is -0.497 e. The number of hydrogen-bond donors (Lipinski definition) is 0. The molecule has 0 saturated heterocycles. The maximum atomic E-state index is 15.1. The molecule has 0 bridgehead atoms. The molecule has 0 amide bonds. The Balaban J connectivity index is 1.31. The van der Waals surface area contributed by atoms with Crippen molar-refractivity contribution in [2.75, 3.05) is 14.2 Å². The van der Waals surface area contributed by atoms with Crippen LogP contribution < -0.4 is 9.47 Å². The Kier molecular flexibility index (Phi) is 7.17. The number of methoxy groups -OCH3 is 2. The average molecular weight is 555 g/mol. The summed E-state index contributed by atoms with van der Waals surface area (Å²) in [5, 5.41) is 0. The van der Waals surface area contributed by atoms with Crippen LogP contribution in [0, 0.1) is 17.2 Å². The highest BCUT2D eigenvalue weighted by atomic mass is 19.1. The lowest BCUT2D eigenvalue weighted by Crippen LogP contribution is -2.50. The van der Waals surface area contributed by atoms with Gasteiger partial charge < -0.3 is 14.2 Å². The molecule has 1 fully saturated rings. The third-order valence-corrected chi connectivity index (χ3v) is 9.81. The second kappa shape index (κ2) is 10.7. The van der Waals surface area contributed by atoms with Crippen molar-refractivity contribution in [3.05, 3.63) is 88.7 Å². The average Bonchev–Trinajstić information content (AvgIpc) is 3.33. The summed E-state index contributed by atoms with van der Waals surface area (Å²) in [7, 11) is 3.09. The zero-order valence-corrected chi connectivity index (χ0v) is 24.5. The number of hydrogen-bond acceptors (Lipinski definition) is 4. The predicted octanol–water partition coefficient (Wildman–Crippen LogP) is 8.44. The van der Waals surface area contributed by atoms with Gasteiger partial charge in [-0.3, -0.25) is 4.79 Å². The molecule has 0 heterocycles. The molecule has 3 aromatic carbocycles. The first-order valence-corrected chi connectivity index (χ1v) is 14.8. The van der Waals surface area contributed by atoms with Crippen LogP contribution in [0.4, 0.5) is 4.39 Å². The number of carbonyl (C=O) groups is 1. The van der Waals surface area contributed by atoms with Gasteiger partial charge in [0.1, 0.15) is 23.9 Å². The second-order valence-corrected chi connectivity index (χ2v) is 12.5. The van der Waals surface area contributed by atoms with Gasteiger partial charge in [-0.25, -0.2) is 4.39 Å². The highest BCUT2D eigenvalue weighted by molar-refractivity contribution is 5.85. The van der Waals surface area contributed by atoms with Gasteiger partial charge in [0.2, 0.25) is 0 Å². The molecule has 0 N–H and O–H groups in total. The molecule has 1 spiro atoms. The monoisotopic (exact) mass is 554 g/mol. The van der Waals surface area contributed by atoms with Gasteiger partial charge in [0.05, 0.1) is 20.1 Å². The third kappa shape index (κ3) is 4.83. The quantitative estimate of drug-likeness (QED) is 0.275. The first-order chi connectivity index (χ1) is 19.8. The van der Waals surface area contributed by atoms with E-state index in [9.17, 15) is 4.79 Å². The van der Waals surface area contributed by atoms with Gasteiger partial charge in [-0.1, -0.05) is 38.1 Å². The van der Waals surface area contributed by atoms with Gasteiger partial charge in [0.25, 0.3) is 0 Å². The lowest BCUT2D eigenvalue weighted by atomic mass is 9.52. The minimum atomic E-state index is -0.267. The molecule has 0 aliphatic heterocycles. The van der Waals surface area contributed by atoms with E-state index >= 15 is 4.39 Å². The van der Waals surface area contributed by atoms with Crippen molar-refractivity contribution in [2.24, 2.45) is 11.3 Å². The molecule has 0 aromatic heterocycles. The van der Waals surface area contributed by atoms with Crippen LogP contribution in [0.3, 0.4) is 0 Å². The van der Waals surface area contributed by atoms with E-state index in [1.54, 1.807) is 19.2 Å². The minimum absolute atomic E-state index is 0.00463. The van der Waals surface area contributed by atoms with Gasteiger partial charge >= 0.3 is 5.97 Å². The van der Waals surface area contributed by atoms with Gasteiger partial charge in [-0.2, -0.15) is 0 Å². The second-order valence-electron chi connectivity index (χ2n) is 12.5. The van der Waals surface area contributed by atoms with Crippen molar-refractivity contribution in [1.82, 2.24) is 0 Å². The molecule has 41 heavy (non-hydrogen) atoms. The van der Waals surface area contributed by atoms with Crippen LogP contribution in [-0.4, -0.2) is 20.2 Å². The first kappa shape index (κ1) is 27.6. The highest BCUT2D eigenvalue weighted by Crippen LogP contribution is 2.56. The Morgan fingerprint density at radius 2 is 1.76 bits per heavy atom. The number of fused-ring (bicyclic) bond motifs is 2. The van der Waals surface area contributed by atoms with Crippen molar-refractivity contribution in [2.45, 2.75) is 70.8 Å². The lowest BCUT2D eigenvalue weighted by Gasteiger charge is -2.51. The number of allylic oxidation sites excluding steroid dienone is 2. The Morgan fingerprint density at radius 1 is 0.927 bits per heavy atom. The van der Waals surface area contributed by atoms with Crippen LogP contribution in [0.1, 0.15) is 74.6 Å². The van der Waals surface area contributed by atoms with Crippen LogP contribution in [-0.2, 0) is 28.0 Å². The SMILES string of the molecule is COC(=O)C1CCC12CCCc1ccc(OCc3ccc(-c4cc(OC)ccc4F)c(C4=CCCC4(C)C)c3)cc12. The number of rotatable bonds is 7. The zero-order valence-electron chi connectivity index (χ0n) is 24.5. The fourth-order valence-corrected chi connectivity index (χ4v) is 7.41. The van der Waals surface area contributed by atoms with E-state index < -0.39 is 0 Å². The fourth-order valence-electron chi connectivity index (χ4n) is 7.41. The van der Waals surface area contributed by atoms with Gasteiger partial charge in [0.15, 0.2) is 0 Å². The first-order valence-electron chi connectivity index (χ1n) is 14.8. The van der Waals surface area contributed by atoms with Gasteiger partial charge in [-0.05, 0) is 120 Å². The number of esters is 1. The molecule has 2 unspecified atom stereocenters. The summed E-state index contributed by atoms with van der Waals surface area (Å²) in [6.07, 6.45) is 9.39. The summed E-state index contributed by atoms with van der Waals surface area (Å²) in [5.41, 5.74) is 7.15. The molecule has 4 nitrogen and oxygen atoms in total. The van der Waals surface area contributed by atoms with E-state index in [1.165, 1.54) is 29.9 Å². The molecule has 5 heteroatoms. The molecule has 0 radical (unpaired) electrons. The summed E-state index contributed by atoms with van der Waals surface area (Å²) in [4.78, 5) is 12.6. The van der Waals surface area contributed by atoms with E-state index in [2.05, 4.69) is 38.1 Å². The van der Waals surface area contributed by atoms with Crippen molar-refractivity contribution in [3.8, 4) is 22.6 Å². The van der Waals surface area contributed by atoms with Crippen LogP contribution in [0.2, 0.25) is 0 Å². The standard InChI is InChI=1S/C36H39FO4/c1-35(2)16-6-8-30(35)28-19-23(9-13-27(28)29-20-25(39-3)12-14-33(29)37)22-41-26-11-10-24-7-5-17-36(32(24)21-26)18-15-31(36)34(38)40-4/h8-14,19-21,31H,5-7,15-18,22H2,1-4H3.